The summed E-state index contributed by atoms with van der Waals surface area (Å²) in [6.07, 6.45) is 1.97. The minimum atomic E-state index is -0.755. The fraction of sp³-hybridized carbons (Fsp3) is 0.812. The first-order valence-electron chi connectivity index (χ1n) is 8.76. The Labute approximate surface area is 142 Å². The zero-order valence-corrected chi connectivity index (χ0v) is 14.5. The number of piperazine rings is 1. The van der Waals surface area contributed by atoms with Crippen molar-refractivity contribution < 1.29 is 14.1 Å². The molecule has 0 radical (unpaired) electrons. The highest BCUT2D eigenvalue weighted by atomic mass is 16.5. The first kappa shape index (κ1) is 17.3. The highest BCUT2D eigenvalue weighted by Crippen LogP contribution is 2.24. The van der Waals surface area contributed by atoms with Gasteiger partial charge in [0, 0.05) is 45.8 Å². The fourth-order valence-electron chi connectivity index (χ4n) is 3.31. The summed E-state index contributed by atoms with van der Waals surface area (Å²) in [5.41, 5.74) is 5.56. The van der Waals surface area contributed by atoms with Crippen LogP contribution in [0.4, 0.5) is 0 Å². The first-order valence-corrected chi connectivity index (χ1v) is 8.76. The van der Waals surface area contributed by atoms with Crippen molar-refractivity contribution in [3.8, 4) is 0 Å². The van der Waals surface area contributed by atoms with Crippen molar-refractivity contribution in [2.45, 2.75) is 44.7 Å². The number of nitrogens with zero attached hydrogens (tertiary/aromatic N) is 4. The molecular formula is C16H27N5O3. The van der Waals surface area contributed by atoms with Crippen molar-refractivity contribution >= 4 is 5.91 Å². The molecular weight excluding hydrogens is 310 g/mol. The molecule has 1 atom stereocenters. The van der Waals surface area contributed by atoms with Crippen LogP contribution < -0.4 is 5.73 Å². The summed E-state index contributed by atoms with van der Waals surface area (Å²) in [6.45, 7) is 8.12. The van der Waals surface area contributed by atoms with Gasteiger partial charge in [0.05, 0.1) is 11.6 Å². The number of amides is 1. The Balaban J connectivity index is 1.56. The number of aromatic nitrogens is 2. The van der Waals surface area contributed by atoms with Crippen LogP contribution in [0.15, 0.2) is 4.52 Å². The van der Waals surface area contributed by atoms with Crippen molar-refractivity contribution in [1.29, 1.82) is 0 Å². The van der Waals surface area contributed by atoms with Crippen LogP contribution in [0, 0.1) is 0 Å². The summed E-state index contributed by atoms with van der Waals surface area (Å²) < 4.78 is 10.7. The molecule has 1 amide bonds. The standard InChI is InChI=1S/C16H27N5O3/c1-3-13-18-14(24-19-13)12(2)20-6-8-21(9-7-20)15(22)16(17)4-10-23-11-5-16/h12H,3-11,17H2,1-2H3. The van der Waals surface area contributed by atoms with E-state index in [-0.39, 0.29) is 11.9 Å². The van der Waals surface area contributed by atoms with Crippen molar-refractivity contribution in [3.63, 3.8) is 0 Å². The largest absolute Gasteiger partial charge is 0.381 e. The van der Waals surface area contributed by atoms with Crippen molar-refractivity contribution in [3.05, 3.63) is 11.7 Å². The lowest BCUT2D eigenvalue weighted by atomic mass is 9.89. The molecule has 1 unspecified atom stereocenters. The molecule has 24 heavy (non-hydrogen) atoms. The molecule has 0 aromatic carbocycles. The quantitative estimate of drug-likeness (QED) is 0.846. The number of hydrogen-bond donors (Lipinski definition) is 1. The van der Waals surface area contributed by atoms with E-state index < -0.39 is 5.54 Å². The van der Waals surface area contributed by atoms with Gasteiger partial charge in [-0.2, -0.15) is 4.98 Å². The molecule has 134 valence electrons. The van der Waals surface area contributed by atoms with Crippen LogP contribution in [0.1, 0.15) is 44.4 Å². The van der Waals surface area contributed by atoms with Crippen LogP contribution >= 0.6 is 0 Å². The SMILES string of the molecule is CCc1noc(C(C)N2CCN(C(=O)C3(N)CCOCC3)CC2)n1. The molecule has 0 aliphatic carbocycles. The Bertz CT molecular complexity index is 562. The molecule has 2 aliphatic rings. The summed E-state index contributed by atoms with van der Waals surface area (Å²) in [7, 11) is 0. The Morgan fingerprint density at radius 3 is 2.54 bits per heavy atom. The van der Waals surface area contributed by atoms with Crippen molar-refractivity contribution in [1.82, 2.24) is 19.9 Å². The number of nitrogens with two attached hydrogens (primary N) is 1. The van der Waals surface area contributed by atoms with Gasteiger partial charge in [0.2, 0.25) is 11.8 Å². The van der Waals surface area contributed by atoms with E-state index in [1.807, 2.05) is 11.8 Å². The lowest BCUT2D eigenvalue weighted by Gasteiger charge is -2.41. The highest BCUT2D eigenvalue weighted by molar-refractivity contribution is 5.86. The molecule has 0 spiro atoms. The molecule has 2 aliphatic heterocycles. The van der Waals surface area contributed by atoms with E-state index in [1.54, 1.807) is 0 Å². The number of rotatable bonds is 4. The third kappa shape index (κ3) is 3.45. The Kier molecular flexibility index (Phi) is 5.17. The summed E-state index contributed by atoms with van der Waals surface area (Å²) in [5, 5.41) is 3.96. The van der Waals surface area contributed by atoms with Gasteiger partial charge < -0.3 is 19.9 Å². The van der Waals surface area contributed by atoms with Gasteiger partial charge in [-0.15, -0.1) is 0 Å². The predicted molar refractivity (Wildman–Crippen MR) is 87.2 cm³/mol. The maximum Gasteiger partial charge on any atom is 0.243 e. The van der Waals surface area contributed by atoms with Crippen molar-refractivity contribution in [2.24, 2.45) is 5.73 Å². The zero-order valence-electron chi connectivity index (χ0n) is 14.5. The van der Waals surface area contributed by atoms with Gasteiger partial charge in [0.1, 0.15) is 0 Å². The molecule has 1 aromatic heterocycles. The monoisotopic (exact) mass is 337 g/mol. The molecule has 0 saturated carbocycles. The van der Waals surface area contributed by atoms with E-state index >= 15 is 0 Å². The molecule has 0 bridgehead atoms. The second kappa shape index (κ2) is 7.16. The summed E-state index contributed by atoms with van der Waals surface area (Å²) in [5.74, 6) is 1.44. The van der Waals surface area contributed by atoms with Gasteiger partial charge in [0.15, 0.2) is 5.82 Å². The Morgan fingerprint density at radius 2 is 1.96 bits per heavy atom. The summed E-state index contributed by atoms with van der Waals surface area (Å²) >= 11 is 0. The smallest absolute Gasteiger partial charge is 0.243 e. The van der Waals surface area contributed by atoms with Gasteiger partial charge >= 0.3 is 0 Å². The van der Waals surface area contributed by atoms with Gasteiger partial charge in [0.25, 0.3) is 0 Å². The van der Waals surface area contributed by atoms with E-state index in [0.717, 1.165) is 25.3 Å². The minimum absolute atomic E-state index is 0.0594. The third-order valence-corrected chi connectivity index (χ3v) is 5.12. The molecule has 3 rings (SSSR count). The van der Waals surface area contributed by atoms with E-state index in [4.69, 9.17) is 15.0 Å². The normalized spacial score (nSPS) is 23.2. The lowest BCUT2D eigenvalue weighted by Crippen LogP contribution is -2.61. The van der Waals surface area contributed by atoms with Crippen LogP contribution in [-0.4, -0.2) is 70.8 Å². The van der Waals surface area contributed by atoms with Crippen LogP contribution in [0.3, 0.4) is 0 Å². The van der Waals surface area contributed by atoms with Gasteiger partial charge in [-0.3, -0.25) is 9.69 Å². The molecule has 3 heterocycles. The molecule has 8 heteroatoms. The summed E-state index contributed by atoms with van der Waals surface area (Å²) in [6, 6.07) is 0.0602. The van der Waals surface area contributed by atoms with Gasteiger partial charge in [-0.05, 0) is 19.8 Å². The second-order valence-corrected chi connectivity index (χ2v) is 6.68. The predicted octanol–water partition coefficient (Wildman–Crippen LogP) is 0.345. The topological polar surface area (TPSA) is 97.7 Å². The number of carbonyl (C=O) groups excluding carboxylic acids is 1. The molecule has 8 nitrogen and oxygen atoms in total. The fourth-order valence-corrected chi connectivity index (χ4v) is 3.31. The van der Waals surface area contributed by atoms with Crippen molar-refractivity contribution in [2.75, 3.05) is 39.4 Å². The second-order valence-electron chi connectivity index (χ2n) is 6.68. The average molecular weight is 337 g/mol. The lowest BCUT2D eigenvalue weighted by molar-refractivity contribution is -0.142. The van der Waals surface area contributed by atoms with Crippen LogP contribution in [-0.2, 0) is 16.0 Å². The number of carbonyl (C=O) groups is 1. The first-order chi connectivity index (χ1) is 11.5. The molecule has 2 fully saturated rings. The number of aryl methyl sites for hydroxylation is 1. The average Bonchev–Trinajstić information content (AvgIpc) is 3.10. The highest BCUT2D eigenvalue weighted by Gasteiger charge is 2.40. The van der Waals surface area contributed by atoms with E-state index in [0.29, 0.717) is 45.0 Å². The van der Waals surface area contributed by atoms with E-state index in [2.05, 4.69) is 22.0 Å². The zero-order chi connectivity index (χ0) is 17.2. The van der Waals surface area contributed by atoms with Crippen LogP contribution in [0.5, 0.6) is 0 Å². The van der Waals surface area contributed by atoms with Crippen LogP contribution in [0.2, 0.25) is 0 Å². The van der Waals surface area contributed by atoms with Gasteiger partial charge in [-0.1, -0.05) is 12.1 Å². The van der Waals surface area contributed by atoms with Crippen LogP contribution in [0.25, 0.3) is 0 Å². The van der Waals surface area contributed by atoms with Gasteiger partial charge in [-0.25, -0.2) is 0 Å². The summed E-state index contributed by atoms with van der Waals surface area (Å²) in [4.78, 5) is 21.3. The number of ether oxygens (including phenoxy) is 1. The molecule has 1 aromatic rings. The Hall–Kier alpha value is -1.51. The maximum absolute atomic E-state index is 12.7. The third-order valence-electron chi connectivity index (χ3n) is 5.12. The minimum Gasteiger partial charge on any atom is -0.381 e. The molecule has 2 saturated heterocycles. The Morgan fingerprint density at radius 1 is 1.29 bits per heavy atom. The maximum atomic E-state index is 12.7. The van der Waals surface area contributed by atoms with E-state index in [1.165, 1.54) is 0 Å². The number of hydrogen-bond acceptors (Lipinski definition) is 7. The molecule has 2 N–H and O–H groups in total. The van der Waals surface area contributed by atoms with E-state index in [9.17, 15) is 4.79 Å².